The summed E-state index contributed by atoms with van der Waals surface area (Å²) in [4.78, 5) is 25.7. The van der Waals surface area contributed by atoms with Gasteiger partial charge < -0.3 is 4.90 Å². The molecule has 1 aromatic carbocycles. The van der Waals surface area contributed by atoms with Gasteiger partial charge in [-0.1, -0.05) is 30.3 Å². The van der Waals surface area contributed by atoms with Crippen LogP contribution in [-0.4, -0.2) is 22.6 Å². The molecule has 1 saturated carbocycles. The van der Waals surface area contributed by atoms with E-state index in [2.05, 4.69) is 0 Å². The predicted molar refractivity (Wildman–Crippen MR) is 63.1 cm³/mol. The molecule has 0 aromatic heterocycles. The summed E-state index contributed by atoms with van der Waals surface area (Å²) >= 11 is 0. The van der Waals surface area contributed by atoms with Crippen molar-refractivity contribution in [2.75, 3.05) is 0 Å². The zero-order valence-electron chi connectivity index (χ0n) is 9.63. The first kappa shape index (κ1) is 10.5. The first-order valence-electron chi connectivity index (χ1n) is 6.13. The van der Waals surface area contributed by atoms with E-state index in [1.807, 2.05) is 30.3 Å². The van der Waals surface area contributed by atoms with Crippen molar-refractivity contribution >= 4 is 11.7 Å². The molecule has 2 unspecified atom stereocenters. The second-order valence-electron chi connectivity index (χ2n) is 4.91. The largest absolute Gasteiger partial charge is 0.328 e. The zero-order valence-corrected chi connectivity index (χ0v) is 9.63. The average Bonchev–Trinajstić information content (AvgIpc) is 2.35. The van der Waals surface area contributed by atoms with Gasteiger partial charge in [0.05, 0.1) is 6.04 Å². The molecule has 2 heterocycles. The van der Waals surface area contributed by atoms with Crippen LogP contribution in [0.5, 0.6) is 0 Å². The first-order valence-corrected chi connectivity index (χ1v) is 6.13. The fourth-order valence-electron chi connectivity index (χ4n) is 2.90. The summed E-state index contributed by atoms with van der Waals surface area (Å²) in [5, 5.41) is 0. The molecule has 0 N–H and O–H groups in total. The Morgan fingerprint density at radius 3 is 2.59 bits per heavy atom. The molecule has 2 bridgehead atoms. The van der Waals surface area contributed by atoms with Crippen LogP contribution in [0.3, 0.4) is 0 Å². The van der Waals surface area contributed by atoms with E-state index in [4.69, 9.17) is 0 Å². The molecule has 2 saturated heterocycles. The Morgan fingerprint density at radius 1 is 1.12 bits per heavy atom. The summed E-state index contributed by atoms with van der Waals surface area (Å²) in [6.45, 7) is 0.576. The van der Waals surface area contributed by atoms with E-state index in [1.54, 1.807) is 4.90 Å². The SMILES string of the molecule is O=C1CC2CCC1N(Cc1ccccc1)C2=O. The van der Waals surface area contributed by atoms with E-state index in [-0.39, 0.29) is 23.7 Å². The lowest BCUT2D eigenvalue weighted by molar-refractivity contribution is -0.156. The van der Waals surface area contributed by atoms with Crippen LogP contribution in [0.2, 0.25) is 0 Å². The van der Waals surface area contributed by atoms with Crippen molar-refractivity contribution in [3.63, 3.8) is 0 Å². The molecule has 3 fully saturated rings. The Hall–Kier alpha value is -1.64. The number of carbonyl (C=O) groups excluding carboxylic acids is 2. The highest BCUT2D eigenvalue weighted by Crippen LogP contribution is 2.34. The molecule has 0 spiro atoms. The Labute approximate surface area is 100 Å². The molecular weight excluding hydrogens is 214 g/mol. The highest BCUT2D eigenvalue weighted by molar-refractivity contribution is 5.98. The predicted octanol–water partition coefficient (Wildman–Crippen LogP) is 1.77. The van der Waals surface area contributed by atoms with Crippen molar-refractivity contribution in [1.82, 2.24) is 4.90 Å². The number of piperidine rings is 2. The molecule has 1 aromatic rings. The molecule has 17 heavy (non-hydrogen) atoms. The maximum atomic E-state index is 12.1. The Morgan fingerprint density at radius 2 is 1.88 bits per heavy atom. The van der Waals surface area contributed by atoms with E-state index >= 15 is 0 Å². The van der Waals surface area contributed by atoms with Gasteiger partial charge in [-0.15, -0.1) is 0 Å². The second kappa shape index (κ2) is 3.99. The minimum Gasteiger partial charge on any atom is -0.328 e. The third-order valence-corrected chi connectivity index (χ3v) is 3.81. The monoisotopic (exact) mass is 229 g/mol. The number of benzene rings is 1. The summed E-state index contributed by atoms with van der Waals surface area (Å²) in [6, 6.07) is 9.72. The normalized spacial score (nSPS) is 27.6. The summed E-state index contributed by atoms with van der Waals surface area (Å²) < 4.78 is 0. The van der Waals surface area contributed by atoms with E-state index in [0.717, 1.165) is 18.4 Å². The molecule has 3 aliphatic rings. The maximum Gasteiger partial charge on any atom is 0.227 e. The molecule has 3 heteroatoms. The van der Waals surface area contributed by atoms with Crippen molar-refractivity contribution in [2.45, 2.75) is 31.8 Å². The highest BCUT2D eigenvalue weighted by Gasteiger charge is 2.45. The fraction of sp³-hybridized carbons (Fsp3) is 0.429. The number of nitrogens with zero attached hydrogens (tertiary/aromatic N) is 1. The van der Waals surface area contributed by atoms with E-state index in [1.165, 1.54) is 0 Å². The van der Waals surface area contributed by atoms with Gasteiger partial charge in [-0.2, -0.15) is 0 Å². The summed E-state index contributed by atoms with van der Waals surface area (Å²) in [6.07, 6.45) is 2.21. The number of Topliss-reactive ketones (excluding diaryl/α,β-unsaturated/α-hetero) is 1. The Balaban J connectivity index is 1.83. The molecule has 4 rings (SSSR count). The van der Waals surface area contributed by atoms with Crippen LogP contribution in [0.1, 0.15) is 24.8 Å². The van der Waals surface area contributed by atoms with Gasteiger partial charge >= 0.3 is 0 Å². The molecular formula is C14H15NO2. The number of hydrogen-bond donors (Lipinski definition) is 0. The molecule has 3 nitrogen and oxygen atoms in total. The van der Waals surface area contributed by atoms with Gasteiger partial charge in [-0.05, 0) is 18.4 Å². The Kier molecular flexibility index (Phi) is 2.46. The van der Waals surface area contributed by atoms with Gasteiger partial charge in [-0.3, -0.25) is 9.59 Å². The molecule has 2 aliphatic heterocycles. The minimum atomic E-state index is -0.160. The summed E-state index contributed by atoms with van der Waals surface area (Å²) in [7, 11) is 0. The van der Waals surface area contributed by atoms with Crippen LogP contribution < -0.4 is 0 Å². The third-order valence-electron chi connectivity index (χ3n) is 3.81. The first-order chi connectivity index (χ1) is 8.25. The lowest BCUT2D eigenvalue weighted by Crippen LogP contribution is -2.56. The van der Waals surface area contributed by atoms with Gasteiger partial charge in [0.25, 0.3) is 0 Å². The Bertz CT molecular complexity index is 455. The van der Waals surface area contributed by atoms with Crippen molar-refractivity contribution < 1.29 is 9.59 Å². The second-order valence-corrected chi connectivity index (χ2v) is 4.91. The highest BCUT2D eigenvalue weighted by atomic mass is 16.2. The number of amides is 1. The number of carbonyl (C=O) groups is 2. The van der Waals surface area contributed by atoms with Crippen LogP contribution >= 0.6 is 0 Å². The zero-order chi connectivity index (χ0) is 11.8. The molecule has 88 valence electrons. The molecule has 1 amide bonds. The van der Waals surface area contributed by atoms with Gasteiger partial charge in [-0.25, -0.2) is 0 Å². The van der Waals surface area contributed by atoms with Crippen molar-refractivity contribution in [2.24, 2.45) is 5.92 Å². The van der Waals surface area contributed by atoms with Gasteiger partial charge in [0, 0.05) is 18.9 Å². The number of ketones is 1. The van der Waals surface area contributed by atoms with Crippen LogP contribution in [0.4, 0.5) is 0 Å². The molecule has 2 atom stereocenters. The van der Waals surface area contributed by atoms with E-state index < -0.39 is 0 Å². The number of fused-ring (bicyclic) bond motifs is 3. The van der Waals surface area contributed by atoms with Crippen LogP contribution in [0.25, 0.3) is 0 Å². The lowest BCUT2D eigenvalue weighted by Gasteiger charge is -2.43. The van der Waals surface area contributed by atoms with E-state index in [9.17, 15) is 9.59 Å². The standard InChI is InChI=1S/C14H15NO2/c16-13-8-11-6-7-12(13)15(14(11)17)9-10-4-2-1-3-5-10/h1-5,11-12H,6-9H2. The van der Waals surface area contributed by atoms with Crippen LogP contribution in [0, 0.1) is 5.92 Å². The van der Waals surface area contributed by atoms with Gasteiger partial charge in [0.15, 0.2) is 5.78 Å². The fourth-order valence-corrected chi connectivity index (χ4v) is 2.90. The van der Waals surface area contributed by atoms with Gasteiger partial charge in [0.1, 0.15) is 0 Å². The lowest BCUT2D eigenvalue weighted by atomic mass is 9.78. The molecule has 1 aliphatic carbocycles. The quantitative estimate of drug-likeness (QED) is 0.775. The summed E-state index contributed by atoms with van der Waals surface area (Å²) in [5.41, 5.74) is 1.10. The van der Waals surface area contributed by atoms with E-state index in [0.29, 0.717) is 13.0 Å². The third kappa shape index (κ3) is 1.75. The van der Waals surface area contributed by atoms with Crippen molar-refractivity contribution in [3.8, 4) is 0 Å². The smallest absolute Gasteiger partial charge is 0.227 e. The van der Waals surface area contributed by atoms with Crippen LogP contribution in [0.15, 0.2) is 30.3 Å². The van der Waals surface area contributed by atoms with Crippen molar-refractivity contribution in [1.29, 1.82) is 0 Å². The maximum absolute atomic E-state index is 12.1. The van der Waals surface area contributed by atoms with Gasteiger partial charge in [0.2, 0.25) is 5.91 Å². The molecule has 0 radical (unpaired) electrons. The number of hydrogen-bond acceptors (Lipinski definition) is 2. The number of rotatable bonds is 2. The van der Waals surface area contributed by atoms with Crippen molar-refractivity contribution in [3.05, 3.63) is 35.9 Å². The van der Waals surface area contributed by atoms with Crippen LogP contribution in [-0.2, 0) is 16.1 Å². The summed E-state index contributed by atoms with van der Waals surface area (Å²) in [5.74, 6) is 0.373. The minimum absolute atomic E-state index is 0.0452. The average molecular weight is 229 g/mol. The topological polar surface area (TPSA) is 37.4 Å².